The van der Waals surface area contributed by atoms with Crippen molar-refractivity contribution in [3.05, 3.63) is 119 Å². The Morgan fingerprint density at radius 2 is 1.78 bits per heavy atom. The highest BCUT2D eigenvalue weighted by Gasteiger charge is 2.23. The van der Waals surface area contributed by atoms with E-state index in [1.807, 2.05) is 87.6 Å². The van der Waals surface area contributed by atoms with Gasteiger partial charge in [-0.2, -0.15) is 0 Å². The summed E-state index contributed by atoms with van der Waals surface area (Å²) in [7, 11) is 0. The summed E-state index contributed by atoms with van der Waals surface area (Å²) in [5, 5.41) is 6.81. The number of halogens is 1. The van der Waals surface area contributed by atoms with Crippen molar-refractivity contribution < 1.29 is 14.3 Å². The Balaban J connectivity index is 1.12. The van der Waals surface area contributed by atoms with Crippen LogP contribution in [0, 0.1) is 0 Å². The quantitative estimate of drug-likeness (QED) is 0.120. The maximum Gasteiger partial charge on any atom is 0.410 e. The van der Waals surface area contributed by atoms with Crippen LogP contribution in [0.25, 0.3) is 32.8 Å². The van der Waals surface area contributed by atoms with Crippen molar-refractivity contribution >= 4 is 51.1 Å². The number of nitrogens with two attached hydrogens (primary N) is 1. The molecule has 49 heavy (non-hydrogen) atoms. The van der Waals surface area contributed by atoms with Crippen LogP contribution in [0.3, 0.4) is 0 Å². The molecule has 6 aromatic rings. The van der Waals surface area contributed by atoms with Gasteiger partial charge in [-0.05, 0) is 56.2 Å². The molecule has 0 radical (unpaired) electrons. The lowest BCUT2D eigenvalue weighted by molar-refractivity contribution is 0.0235. The SMILES string of the molecule is CC(C)(C)OC(=O)N(CCc1ncc(CCNc2nc3cc(C(N)=O)ccc3c3cnccc23)[nH]1)Cc1ccc(-c2ccccc2)c(Cl)c1. The molecule has 2 amide bonds. The van der Waals surface area contributed by atoms with Crippen molar-refractivity contribution in [2.24, 2.45) is 5.73 Å². The van der Waals surface area contributed by atoms with Gasteiger partial charge in [0.25, 0.3) is 0 Å². The van der Waals surface area contributed by atoms with Crippen LogP contribution in [-0.4, -0.2) is 55.5 Å². The maximum atomic E-state index is 13.3. The van der Waals surface area contributed by atoms with Crippen LogP contribution in [0.2, 0.25) is 5.02 Å². The van der Waals surface area contributed by atoms with Gasteiger partial charge in [-0.25, -0.2) is 14.8 Å². The van der Waals surface area contributed by atoms with Gasteiger partial charge in [-0.1, -0.05) is 60.1 Å². The lowest BCUT2D eigenvalue weighted by Gasteiger charge is -2.27. The molecule has 10 nitrogen and oxygen atoms in total. The fourth-order valence-corrected chi connectivity index (χ4v) is 5.96. The first-order valence-electron chi connectivity index (χ1n) is 16.1. The van der Waals surface area contributed by atoms with E-state index in [0.29, 0.717) is 54.4 Å². The summed E-state index contributed by atoms with van der Waals surface area (Å²) >= 11 is 6.68. The molecule has 0 aliphatic carbocycles. The minimum absolute atomic E-state index is 0.338. The number of nitrogens with one attached hydrogen (secondary N) is 2. The second-order valence-corrected chi connectivity index (χ2v) is 13.2. The summed E-state index contributed by atoms with van der Waals surface area (Å²) in [4.78, 5) is 43.8. The second-order valence-electron chi connectivity index (χ2n) is 12.8. The van der Waals surface area contributed by atoms with E-state index in [-0.39, 0.29) is 0 Å². The molecule has 3 aromatic carbocycles. The van der Waals surface area contributed by atoms with E-state index in [4.69, 9.17) is 27.1 Å². The van der Waals surface area contributed by atoms with Gasteiger partial charge in [0.2, 0.25) is 5.91 Å². The molecular formula is C38H38ClN7O3. The number of hydrogen-bond acceptors (Lipinski definition) is 7. The molecule has 0 aliphatic rings. The number of imidazole rings is 1. The van der Waals surface area contributed by atoms with E-state index in [1.165, 1.54) is 0 Å². The lowest BCUT2D eigenvalue weighted by Crippen LogP contribution is -2.37. The molecule has 0 saturated carbocycles. The monoisotopic (exact) mass is 675 g/mol. The number of nitrogens with zero attached hydrogens (tertiary/aromatic N) is 4. The summed E-state index contributed by atoms with van der Waals surface area (Å²) in [5.74, 6) is 0.951. The Kier molecular flexibility index (Phi) is 9.77. The standard InChI is InChI=1S/C38H38ClN7O3/c1-38(2,3)49-37(48)46(23-24-9-11-28(32(39)19-24)25-7-5-4-6-8-25)18-15-34-43-21-27(44-34)13-17-42-36-30-14-16-41-22-31(30)29-12-10-26(35(40)47)20-33(29)45-36/h4-12,14,16,19-22H,13,15,17-18,23H2,1-3H3,(H2,40,47)(H,42,45)(H,43,44). The summed E-state index contributed by atoms with van der Waals surface area (Å²) in [6.45, 7) is 6.88. The first-order valence-corrected chi connectivity index (χ1v) is 16.5. The predicted octanol–water partition coefficient (Wildman–Crippen LogP) is 7.56. The van der Waals surface area contributed by atoms with Gasteiger partial charge in [-0.3, -0.25) is 9.78 Å². The number of fused-ring (bicyclic) bond motifs is 3. The number of carbonyl (C=O) groups is 2. The molecule has 250 valence electrons. The summed E-state index contributed by atoms with van der Waals surface area (Å²) < 4.78 is 5.74. The van der Waals surface area contributed by atoms with Gasteiger partial charge in [-0.15, -0.1) is 0 Å². The number of primary amides is 1. The number of aromatic amines is 1. The highest BCUT2D eigenvalue weighted by atomic mass is 35.5. The van der Waals surface area contributed by atoms with Crippen molar-refractivity contribution in [3.63, 3.8) is 0 Å². The molecule has 0 aliphatic heterocycles. The number of rotatable bonds is 11. The van der Waals surface area contributed by atoms with Gasteiger partial charge in [0.1, 0.15) is 17.2 Å². The van der Waals surface area contributed by atoms with Crippen LogP contribution >= 0.6 is 11.6 Å². The molecule has 6 rings (SSSR count). The van der Waals surface area contributed by atoms with Crippen LogP contribution in [0.4, 0.5) is 10.6 Å². The van der Waals surface area contributed by atoms with Gasteiger partial charge in [0.05, 0.1) is 5.52 Å². The third-order valence-corrected chi connectivity index (χ3v) is 8.32. The smallest absolute Gasteiger partial charge is 0.410 e. The number of H-pyrrole nitrogens is 1. The largest absolute Gasteiger partial charge is 0.444 e. The van der Waals surface area contributed by atoms with Gasteiger partial charge in [0, 0.05) is 89.1 Å². The lowest BCUT2D eigenvalue weighted by atomic mass is 10.0. The number of benzene rings is 3. The number of hydrogen-bond donors (Lipinski definition) is 3. The Bertz CT molecular complexity index is 2130. The van der Waals surface area contributed by atoms with Crippen molar-refractivity contribution in [3.8, 4) is 11.1 Å². The number of pyridine rings is 2. The molecule has 0 bridgehead atoms. The van der Waals surface area contributed by atoms with E-state index in [9.17, 15) is 9.59 Å². The fraction of sp³-hybridized carbons (Fsp3) is 0.237. The van der Waals surface area contributed by atoms with Gasteiger partial charge in [0.15, 0.2) is 0 Å². The fourth-order valence-electron chi connectivity index (χ4n) is 5.64. The molecule has 0 saturated heterocycles. The third kappa shape index (κ3) is 8.16. The molecule has 3 heterocycles. The van der Waals surface area contributed by atoms with E-state index in [0.717, 1.165) is 44.4 Å². The predicted molar refractivity (Wildman–Crippen MR) is 194 cm³/mol. The van der Waals surface area contributed by atoms with E-state index < -0.39 is 17.6 Å². The Hall–Kier alpha value is -5.48. The van der Waals surface area contributed by atoms with Gasteiger partial charge < -0.3 is 25.7 Å². The highest BCUT2D eigenvalue weighted by molar-refractivity contribution is 6.33. The summed E-state index contributed by atoms with van der Waals surface area (Å²) in [5.41, 5.74) is 9.74. The van der Waals surface area contributed by atoms with Crippen LogP contribution in [0.1, 0.15) is 48.2 Å². The summed E-state index contributed by atoms with van der Waals surface area (Å²) in [6, 6.07) is 23.0. The van der Waals surface area contributed by atoms with Crippen LogP contribution in [0.5, 0.6) is 0 Å². The third-order valence-electron chi connectivity index (χ3n) is 8.01. The number of anilines is 1. The average molecular weight is 676 g/mol. The number of carbonyl (C=O) groups excluding carboxylic acids is 2. The maximum absolute atomic E-state index is 13.3. The zero-order valence-corrected chi connectivity index (χ0v) is 28.4. The zero-order chi connectivity index (χ0) is 34.5. The van der Waals surface area contributed by atoms with Crippen molar-refractivity contribution in [1.82, 2.24) is 24.8 Å². The number of aromatic nitrogens is 4. The number of amides is 2. The van der Waals surface area contributed by atoms with Crippen molar-refractivity contribution in [2.45, 2.75) is 45.8 Å². The molecule has 0 spiro atoms. The first kappa shape index (κ1) is 33.4. The Morgan fingerprint density at radius 1 is 0.959 bits per heavy atom. The molecule has 3 aromatic heterocycles. The Labute approximate surface area is 289 Å². The van der Waals surface area contributed by atoms with E-state index in [2.05, 4.69) is 20.3 Å². The molecule has 0 unspecified atom stereocenters. The van der Waals surface area contributed by atoms with Crippen molar-refractivity contribution in [2.75, 3.05) is 18.4 Å². The summed E-state index contributed by atoms with van der Waals surface area (Å²) in [6.07, 6.45) is 6.10. The molecule has 11 heteroatoms. The second kappa shape index (κ2) is 14.3. The Morgan fingerprint density at radius 3 is 2.53 bits per heavy atom. The van der Waals surface area contributed by atoms with Crippen LogP contribution in [0.15, 0.2) is 91.4 Å². The highest BCUT2D eigenvalue weighted by Crippen LogP contribution is 2.30. The minimum atomic E-state index is -0.638. The topological polar surface area (TPSA) is 139 Å². The normalized spacial score (nSPS) is 11.5. The zero-order valence-electron chi connectivity index (χ0n) is 27.7. The molecule has 4 N–H and O–H groups in total. The minimum Gasteiger partial charge on any atom is -0.444 e. The van der Waals surface area contributed by atoms with Crippen molar-refractivity contribution in [1.29, 1.82) is 0 Å². The van der Waals surface area contributed by atoms with E-state index >= 15 is 0 Å². The molecule has 0 atom stereocenters. The average Bonchev–Trinajstić information content (AvgIpc) is 3.53. The van der Waals surface area contributed by atoms with Crippen LogP contribution in [-0.2, 0) is 24.1 Å². The van der Waals surface area contributed by atoms with Crippen LogP contribution < -0.4 is 11.1 Å². The van der Waals surface area contributed by atoms with Gasteiger partial charge >= 0.3 is 6.09 Å². The van der Waals surface area contributed by atoms with E-state index in [1.54, 1.807) is 29.4 Å². The number of ether oxygens (including phenoxy) is 1. The molecule has 0 fully saturated rings. The molecular weight excluding hydrogens is 638 g/mol. The first-order chi connectivity index (χ1) is 23.5.